The zero-order valence-corrected chi connectivity index (χ0v) is 11.9. The van der Waals surface area contributed by atoms with E-state index in [0.29, 0.717) is 28.1 Å². The van der Waals surface area contributed by atoms with Gasteiger partial charge in [-0.25, -0.2) is 4.39 Å². The first-order chi connectivity index (χ1) is 9.10. The van der Waals surface area contributed by atoms with Crippen LogP contribution in [0.1, 0.15) is 25.1 Å². The van der Waals surface area contributed by atoms with Gasteiger partial charge >= 0.3 is 0 Å². The summed E-state index contributed by atoms with van der Waals surface area (Å²) in [6.45, 7) is 1.88. The smallest absolute Gasteiger partial charge is 0.145 e. The van der Waals surface area contributed by atoms with E-state index in [9.17, 15) is 9.50 Å². The molecule has 1 aromatic heterocycles. The van der Waals surface area contributed by atoms with E-state index in [2.05, 4.69) is 20.9 Å². The van der Waals surface area contributed by atoms with Crippen LogP contribution < -0.4 is 4.74 Å². The van der Waals surface area contributed by atoms with Crippen LogP contribution in [0.25, 0.3) is 0 Å². The minimum absolute atomic E-state index is 0.386. The number of ether oxygens (including phenoxy) is 1. The maximum Gasteiger partial charge on any atom is 0.145 e. The van der Waals surface area contributed by atoms with Crippen molar-refractivity contribution < 1.29 is 14.2 Å². The highest BCUT2D eigenvalue weighted by Gasteiger charge is 2.07. The van der Waals surface area contributed by atoms with Crippen molar-refractivity contribution in [2.75, 3.05) is 0 Å². The summed E-state index contributed by atoms with van der Waals surface area (Å²) in [5, 5.41) is 9.62. The summed E-state index contributed by atoms with van der Waals surface area (Å²) in [5.74, 6) is 0.503. The maximum atomic E-state index is 13.3. The number of benzene rings is 1. The molecule has 1 heterocycles. The summed E-state index contributed by atoms with van der Waals surface area (Å²) in [4.78, 5) is 4.11. The fourth-order valence-electron chi connectivity index (χ4n) is 1.53. The van der Waals surface area contributed by atoms with E-state index in [1.165, 1.54) is 12.3 Å². The molecule has 0 radical (unpaired) electrons. The van der Waals surface area contributed by atoms with Crippen LogP contribution in [0.5, 0.6) is 11.5 Å². The molecular weight excluding hydrogens is 313 g/mol. The molecule has 0 saturated heterocycles. The Kier molecular flexibility index (Phi) is 4.50. The molecular formula is C14H13BrFNO2. The molecule has 1 N–H and O–H groups in total. The third kappa shape index (κ3) is 3.52. The molecule has 19 heavy (non-hydrogen) atoms. The molecule has 0 saturated carbocycles. The van der Waals surface area contributed by atoms with Crippen molar-refractivity contribution in [3.05, 3.63) is 52.5 Å². The number of aliphatic hydroxyl groups excluding tert-OH is 1. The summed E-state index contributed by atoms with van der Waals surface area (Å²) in [5.41, 5.74) is 0.594. The van der Waals surface area contributed by atoms with E-state index >= 15 is 0 Å². The highest BCUT2D eigenvalue weighted by Crippen LogP contribution is 2.26. The van der Waals surface area contributed by atoms with Crippen LogP contribution in [0.4, 0.5) is 4.39 Å². The van der Waals surface area contributed by atoms with Crippen molar-refractivity contribution in [2.24, 2.45) is 0 Å². The van der Waals surface area contributed by atoms with Crippen molar-refractivity contribution in [3.63, 3.8) is 0 Å². The lowest BCUT2D eigenvalue weighted by Crippen LogP contribution is -1.98. The van der Waals surface area contributed by atoms with Crippen LogP contribution in [-0.4, -0.2) is 10.1 Å². The van der Waals surface area contributed by atoms with Crippen molar-refractivity contribution in [2.45, 2.75) is 19.4 Å². The molecule has 0 aliphatic rings. The first-order valence-electron chi connectivity index (χ1n) is 5.87. The second kappa shape index (κ2) is 6.12. The maximum absolute atomic E-state index is 13.3. The Morgan fingerprint density at radius 3 is 2.63 bits per heavy atom. The SMILES string of the molecule is CCC(O)c1ccc(Oc2ccc(Br)c(F)c2)cn1. The van der Waals surface area contributed by atoms with E-state index in [-0.39, 0.29) is 5.82 Å². The minimum atomic E-state index is -0.570. The monoisotopic (exact) mass is 325 g/mol. The molecule has 0 aliphatic heterocycles. The largest absolute Gasteiger partial charge is 0.456 e. The lowest BCUT2D eigenvalue weighted by Gasteiger charge is -2.09. The quantitative estimate of drug-likeness (QED) is 0.915. The molecule has 0 aliphatic carbocycles. The number of aromatic nitrogens is 1. The molecule has 0 bridgehead atoms. The van der Waals surface area contributed by atoms with Crippen LogP contribution in [0, 0.1) is 5.82 Å². The van der Waals surface area contributed by atoms with Gasteiger partial charge in [-0.15, -0.1) is 0 Å². The highest BCUT2D eigenvalue weighted by atomic mass is 79.9. The third-order valence-electron chi connectivity index (χ3n) is 2.61. The van der Waals surface area contributed by atoms with Crippen LogP contribution in [0.15, 0.2) is 41.0 Å². The number of aliphatic hydroxyl groups is 1. The Morgan fingerprint density at radius 2 is 2.05 bits per heavy atom. The minimum Gasteiger partial charge on any atom is -0.456 e. The molecule has 0 amide bonds. The Labute approximate surface area is 119 Å². The summed E-state index contributed by atoms with van der Waals surface area (Å²) in [6.07, 6.45) is 1.54. The lowest BCUT2D eigenvalue weighted by molar-refractivity contribution is 0.169. The van der Waals surface area contributed by atoms with E-state index in [1.54, 1.807) is 24.3 Å². The van der Waals surface area contributed by atoms with E-state index < -0.39 is 6.10 Å². The van der Waals surface area contributed by atoms with Crippen molar-refractivity contribution >= 4 is 15.9 Å². The van der Waals surface area contributed by atoms with Gasteiger partial charge < -0.3 is 9.84 Å². The van der Waals surface area contributed by atoms with E-state index in [1.807, 2.05) is 6.92 Å². The Morgan fingerprint density at radius 1 is 1.32 bits per heavy atom. The zero-order chi connectivity index (χ0) is 13.8. The molecule has 0 fully saturated rings. The summed E-state index contributed by atoms with van der Waals surface area (Å²) >= 11 is 3.08. The van der Waals surface area contributed by atoms with Gasteiger partial charge in [0, 0.05) is 6.07 Å². The van der Waals surface area contributed by atoms with Crippen molar-refractivity contribution in [3.8, 4) is 11.5 Å². The molecule has 3 nitrogen and oxygen atoms in total. The predicted molar refractivity (Wildman–Crippen MR) is 73.7 cm³/mol. The van der Waals surface area contributed by atoms with E-state index in [4.69, 9.17) is 4.74 Å². The van der Waals surface area contributed by atoms with Crippen LogP contribution in [0.2, 0.25) is 0 Å². The van der Waals surface area contributed by atoms with Crippen LogP contribution in [-0.2, 0) is 0 Å². The summed E-state index contributed by atoms with van der Waals surface area (Å²) < 4.78 is 19.2. The van der Waals surface area contributed by atoms with Crippen LogP contribution in [0.3, 0.4) is 0 Å². The van der Waals surface area contributed by atoms with Gasteiger partial charge in [0.2, 0.25) is 0 Å². The molecule has 1 atom stereocenters. The average molecular weight is 326 g/mol. The van der Waals surface area contributed by atoms with Gasteiger partial charge in [0.15, 0.2) is 0 Å². The first-order valence-corrected chi connectivity index (χ1v) is 6.66. The van der Waals surface area contributed by atoms with Gasteiger partial charge in [-0.1, -0.05) is 6.92 Å². The molecule has 2 rings (SSSR count). The first kappa shape index (κ1) is 14.0. The standard InChI is InChI=1S/C14H13BrFNO2/c1-2-14(18)13-6-4-10(8-17-13)19-9-3-5-11(15)12(16)7-9/h3-8,14,18H,2H2,1H3. The van der Waals surface area contributed by atoms with E-state index in [0.717, 1.165) is 0 Å². The number of pyridine rings is 1. The highest BCUT2D eigenvalue weighted by molar-refractivity contribution is 9.10. The zero-order valence-electron chi connectivity index (χ0n) is 10.3. The molecule has 100 valence electrons. The molecule has 2 aromatic rings. The lowest BCUT2D eigenvalue weighted by atomic mass is 10.2. The number of nitrogens with zero attached hydrogens (tertiary/aromatic N) is 1. The Hall–Kier alpha value is -1.46. The van der Waals surface area contributed by atoms with Gasteiger partial charge in [-0.05, 0) is 46.6 Å². The topological polar surface area (TPSA) is 42.4 Å². The number of rotatable bonds is 4. The molecule has 1 unspecified atom stereocenters. The molecule has 5 heteroatoms. The van der Waals surface area contributed by atoms with Crippen molar-refractivity contribution in [1.29, 1.82) is 0 Å². The Balaban J connectivity index is 2.12. The summed E-state index contributed by atoms with van der Waals surface area (Å²) in [7, 11) is 0. The third-order valence-corrected chi connectivity index (χ3v) is 3.26. The van der Waals surface area contributed by atoms with Gasteiger partial charge in [0.05, 0.1) is 22.5 Å². The number of hydrogen-bond donors (Lipinski definition) is 1. The predicted octanol–water partition coefficient (Wildman–Crippen LogP) is 4.22. The average Bonchev–Trinajstić information content (AvgIpc) is 2.43. The van der Waals surface area contributed by atoms with Gasteiger partial charge in [0.1, 0.15) is 17.3 Å². The molecule has 0 spiro atoms. The summed E-state index contributed by atoms with van der Waals surface area (Å²) in [6, 6.07) is 7.91. The second-order valence-electron chi connectivity index (χ2n) is 4.02. The Bertz CT molecular complexity index is 560. The fourth-order valence-corrected chi connectivity index (χ4v) is 1.78. The molecule has 1 aromatic carbocycles. The van der Waals surface area contributed by atoms with Gasteiger partial charge in [-0.3, -0.25) is 4.98 Å². The van der Waals surface area contributed by atoms with Crippen molar-refractivity contribution in [1.82, 2.24) is 4.98 Å². The normalized spacial score (nSPS) is 12.2. The van der Waals surface area contributed by atoms with Gasteiger partial charge in [-0.2, -0.15) is 0 Å². The fraction of sp³-hybridized carbons (Fsp3) is 0.214. The van der Waals surface area contributed by atoms with Gasteiger partial charge in [0.25, 0.3) is 0 Å². The number of halogens is 2. The second-order valence-corrected chi connectivity index (χ2v) is 4.88. The number of hydrogen-bond acceptors (Lipinski definition) is 3. The van der Waals surface area contributed by atoms with Crippen LogP contribution >= 0.6 is 15.9 Å².